The number of fused-ring (bicyclic) bond motifs is 1. The van der Waals surface area contributed by atoms with E-state index < -0.39 is 0 Å². The van der Waals surface area contributed by atoms with Crippen molar-refractivity contribution in [1.29, 1.82) is 0 Å². The van der Waals surface area contributed by atoms with Crippen molar-refractivity contribution in [1.82, 2.24) is 0 Å². The van der Waals surface area contributed by atoms with Crippen molar-refractivity contribution in [2.24, 2.45) is 5.10 Å². The Morgan fingerprint density at radius 2 is 1.67 bits per heavy atom. The number of Topliss-reactive ketones (excluding diaryl/α,β-unsaturated/α-hetero) is 1. The molecule has 1 atom stereocenters. The lowest BCUT2D eigenvalue weighted by Crippen LogP contribution is -2.37. The highest BCUT2D eigenvalue weighted by molar-refractivity contribution is 6.44. The summed E-state index contributed by atoms with van der Waals surface area (Å²) in [7, 11) is 0. The fourth-order valence-corrected chi connectivity index (χ4v) is 3.78. The van der Waals surface area contributed by atoms with Crippen LogP contribution in [0.4, 0.5) is 11.4 Å². The lowest BCUT2D eigenvalue weighted by molar-refractivity contribution is -0.111. The van der Waals surface area contributed by atoms with Gasteiger partial charge in [0.05, 0.1) is 5.69 Å². The number of hydrazone groups is 1. The molecule has 5 rings (SSSR count). The largest absolute Gasteiger partial charge is 0.454 e. The minimum atomic E-state index is -0.344. The van der Waals surface area contributed by atoms with E-state index in [1.807, 2.05) is 89.6 Å². The van der Waals surface area contributed by atoms with Crippen LogP contribution in [0.3, 0.4) is 0 Å². The highest BCUT2D eigenvalue weighted by Gasteiger charge is 2.39. The Morgan fingerprint density at radius 3 is 2.40 bits per heavy atom. The molecule has 0 saturated carbocycles. The van der Waals surface area contributed by atoms with Gasteiger partial charge < -0.3 is 9.47 Å². The number of carbonyl (C=O) groups excluding carboxylic acids is 1. The summed E-state index contributed by atoms with van der Waals surface area (Å²) in [4.78, 5) is 14.6. The van der Waals surface area contributed by atoms with E-state index in [-0.39, 0.29) is 18.7 Å². The first-order valence-electron chi connectivity index (χ1n) is 9.81. The molecule has 0 saturated heterocycles. The number of hydrogen-bond donors (Lipinski definition) is 0. The molecule has 150 valence electrons. The molecule has 0 unspecified atom stereocenters. The van der Waals surface area contributed by atoms with Crippen LogP contribution in [0.1, 0.15) is 24.2 Å². The highest BCUT2D eigenvalue weighted by Crippen LogP contribution is 2.42. The molecular weight excluding hydrogens is 378 g/mol. The normalized spacial score (nSPS) is 17.3. The Balaban J connectivity index is 1.68. The monoisotopic (exact) mass is 399 g/mol. The van der Waals surface area contributed by atoms with Crippen LogP contribution in [0.2, 0.25) is 0 Å². The van der Waals surface area contributed by atoms with Crippen LogP contribution in [0.25, 0.3) is 0 Å². The number of ketones is 1. The second-order valence-corrected chi connectivity index (χ2v) is 7.35. The van der Waals surface area contributed by atoms with Gasteiger partial charge >= 0.3 is 0 Å². The molecule has 6 heteroatoms. The van der Waals surface area contributed by atoms with Crippen LogP contribution in [0.5, 0.6) is 11.5 Å². The molecule has 0 fully saturated rings. The van der Waals surface area contributed by atoms with Gasteiger partial charge in [-0.2, -0.15) is 0 Å². The number of anilines is 2. The summed E-state index contributed by atoms with van der Waals surface area (Å²) in [6.45, 7) is 3.80. The second-order valence-electron chi connectivity index (χ2n) is 7.35. The molecule has 30 heavy (non-hydrogen) atoms. The third-order valence-corrected chi connectivity index (χ3v) is 5.25. The number of carbonyl (C=O) groups is 1. The summed E-state index contributed by atoms with van der Waals surface area (Å²) in [6.07, 6.45) is -0.344. The highest BCUT2D eigenvalue weighted by atomic mass is 16.7. The second kappa shape index (κ2) is 7.22. The van der Waals surface area contributed by atoms with Gasteiger partial charge in [0.25, 0.3) is 0 Å². The van der Waals surface area contributed by atoms with Gasteiger partial charge in [-0.3, -0.25) is 9.69 Å². The first kappa shape index (κ1) is 18.2. The molecule has 2 aliphatic heterocycles. The zero-order chi connectivity index (χ0) is 20.7. The van der Waals surface area contributed by atoms with Gasteiger partial charge in [0.2, 0.25) is 6.79 Å². The molecule has 0 radical (unpaired) electrons. The van der Waals surface area contributed by atoms with Crippen LogP contribution in [-0.2, 0) is 4.79 Å². The van der Waals surface area contributed by atoms with Crippen molar-refractivity contribution in [3.8, 4) is 11.5 Å². The lowest BCUT2D eigenvalue weighted by atomic mass is 10.1. The van der Waals surface area contributed by atoms with Crippen LogP contribution in [0.15, 0.2) is 77.9 Å². The quantitative estimate of drug-likeness (QED) is 0.639. The number of rotatable bonds is 4. The summed E-state index contributed by atoms with van der Waals surface area (Å²) in [5, 5.41) is 6.63. The van der Waals surface area contributed by atoms with E-state index in [9.17, 15) is 4.79 Å². The number of benzene rings is 3. The fraction of sp³-hybridized carbons (Fsp3) is 0.167. The van der Waals surface area contributed by atoms with Crippen LogP contribution >= 0.6 is 0 Å². The van der Waals surface area contributed by atoms with Crippen LogP contribution < -0.4 is 19.4 Å². The average molecular weight is 399 g/mol. The molecule has 2 heterocycles. The molecule has 3 aromatic rings. The lowest BCUT2D eigenvalue weighted by Gasteiger charge is -2.32. The van der Waals surface area contributed by atoms with Gasteiger partial charge in [-0.25, -0.2) is 5.01 Å². The van der Waals surface area contributed by atoms with Gasteiger partial charge in [0.1, 0.15) is 0 Å². The van der Waals surface area contributed by atoms with Gasteiger partial charge in [-0.1, -0.05) is 42.0 Å². The number of amidine groups is 1. The average Bonchev–Trinajstić information content (AvgIpc) is 3.39. The van der Waals surface area contributed by atoms with Crippen molar-refractivity contribution < 1.29 is 14.3 Å². The van der Waals surface area contributed by atoms with E-state index in [0.717, 1.165) is 28.3 Å². The first-order valence-corrected chi connectivity index (χ1v) is 9.81. The Kier molecular flexibility index (Phi) is 4.39. The van der Waals surface area contributed by atoms with E-state index in [2.05, 4.69) is 0 Å². The predicted octanol–water partition coefficient (Wildman–Crippen LogP) is 4.65. The molecule has 0 N–H and O–H groups in total. The summed E-state index contributed by atoms with van der Waals surface area (Å²) >= 11 is 0. The number of para-hydroxylation sites is 1. The SMILES string of the molecule is CC(=O)C1=NN(c2ccccc2)[C@H](c2ccc3c(c2)OCO3)N1c1ccc(C)cc1. The number of ether oxygens (including phenoxy) is 2. The molecule has 0 aliphatic carbocycles. The maximum absolute atomic E-state index is 12.6. The molecule has 2 aliphatic rings. The van der Waals surface area contributed by atoms with Crippen LogP contribution in [-0.4, -0.2) is 18.4 Å². The number of aryl methyl sites for hydroxylation is 1. The first-order chi connectivity index (χ1) is 14.6. The van der Waals surface area contributed by atoms with Crippen molar-refractivity contribution in [3.63, 3.8) is 0 Å². The summed E-state index contributed by atoms with van der Waals surface area (Å²) < 4.78 is 11.1. The summed E-state index contributed by atoms with van der Waals surface area (Å²) in [5.74, 6) is 1.71. The van der Waals surface area contributed by atoms with Crippen molar-refractivity contribution >= 4 is 23.0 Å². The molecule has 0 spiro atoms. The third kappa shape index (κ3) is 3.06. The Hall–Kier alpha value is -3.80. The predicted molar refractivity (Wildman–Crippen MR) is 116 cm³/mol. The zero-order valence-electron chi connectivity index (χ0n) is 16.8. The van der Waals surface area contributed by atoms with Crippen molar-refractivity contribution in [2.75, 3.05) is 16.7 Å². The van der Waals surface area contributed by atoms with E-state index in [1.54, 1.807) is 6.92 Å². The van der Waals surface area contributed by atoms with E-state index >= 15 is 0 Å². The zero-order valence-corrected chi connectivity index (χ0v) is 16.8. The van der Waals surface area contributed by atoms with Gasteiger partial charge in [0.15, 0.2) is 29.3 Å². The number of hydrogen-bond acceptors (Lipinski definition) is 6. The molecular formula is C24H21N3O3. The van der Waals surface area contributed by atoms with Gasteiger partial charge in [0, 0.05) is 18.2 Å². The minimum absolute atomic E-state index is 0.0975. The van der Waals surface area contributed by atoms with E-state index in [0.29, 0.717) is 11.6 Å². The maximum atomic E-state index is 12.6. The van der Waals surface area contributed by atoms with Crippen molar-refractivity contribution in [3.05, 3.63) is 83.9 Å². The topological polar surface area (TPSA) is 54.4 Å². The molecule has 0 aromatic heterocycles. The Bertz CT molecular complexity index is 1130. The Morgan fingerprint density at radius 1 is 0.933 bits per heavy atom. The number of nitrogens with zero attached hydrogens (tertiary/aromatic N) is 3. The maximum Gasteiger partial charge on any atom is 0.231 e. The molecule has 0 bridgehead atoms. The Labute approximate surface area is 174 Å². The molecule has 6 nitrogen and oxygen atoms in total. The van der Waals surface area contributed by atoms with Gasteiger partial charge in [-0.15, -0.1) is 5.10 Å². The fourth-order valence-electron chi connectivity index (χ4n) is 3.78. The molecule has 0 amide bonds. The minimum Gasteiger partial charge on any atom is -0.454 e. The van der Waals surface area contributed by atoms with Crippen LogP contribution in [0, 0.1) is 6.92 Å². The molecule has 3 aromatic carbocycles. The standard InChI is InChI=1S/C24H21N3O3/c1-16-8-11-19(12-9-16)26-23(17(2)28)25-27(20-6-4-3-5-7-20)24(26)18-10-13-21-22(14-18)30-15-29-21/h3-14,24H,15H2,1-2H3/t24-/m1/s1. The van der Waals surface area contributed by atoms with E-state index in [1.165, 1.54) is 0 Å². The third-order valence-electron chi connectivity index (χ3n) is 5.25. The van der Waals surface area contributed by atoms with Gasteiger partial charge in [-0.05, 0) is 43.3 Å². The summed E-state index contributed by atoms with van der Waals surface area (Å²) in [6, 6.07) is 23.8. The van der Waals surface area contributed by atoms with E-state index in [4.69, 9.17) is 14.6 Å². The summed E-state index contributed by atoms with van der Waals surface area (Å²) in [5.41, 5.74) is 3.90. The van der Waals surface area contributed by atoms with Crippen molar-refractivity contribution in [2.45, 2.75) is 20.0 Å². The smallest absolute Gasteiger partial charge is 0.231 e.